The smallest absolute Gasteiger partial charge is 0.404 e. The normalized spacial score (nSPS) is 15.7. The highest BCUT2D eigenvalue weighted by Crippen LogP contribution is 2.32. The van der Waals surface area contributed by atoms with E-state index >= 15 is 0 Å². The molecule has 2 aromatic heterocycles. The molecule has 3 N–H and O–H groups in total. The molecule has 0 saturated carbocycles. The number of nitrogens with zero attached hydrogens (tertiary/aromatic N) is 3. The maximum absolute atomic E-state index is 12.6. The molecular weight excluding hydrogens is 438 g/mol. The van der Waals surface area contributed by atoms with Gasteiger partial charge in [-0.2, -0.15) is 0 Å². The zero-order valence-corrected chi connectivity index (χ0v) is 19.6. The summed E-state index contributed by atoms with van der Waals surface area (Å²) in [6.45, 7) is 8.89. The fourth-order valence-electron chi connectivity index (χ4n) is 3.19. The number of piperidine rings is 1. The van der Waals surface area contributed by atoms with E-state index in [2.05, 4.69) is 46.3 Å². The number of nitrogens with one attached hydrogen (secondary N) is 2. The molecule has 1 fully saturated rings. The molecule has 31 heavy (non-hydrogen) atoms. The minimum Gasteiger partial charge on any atom is -0.465 e. The lowest BCUT2D eigenvalue weighted by Gasteiger charge is -2.30. The number of amides is 2. The number of carbonyl (C=O) groups excluding carboxylic acids is 1. The molecule has 11 heteroatoms. The highest BCUT2D eigenvalue weighted by molar-refractivity contribution is 8.00. The van der Waals surface area contributed by atoms with Crippen molar-refractivity contribution in [1.82, 2.24) is 20.2 Å². The van der Waals surface area contributed by atoms with Gasteiger partial charge in [-0.15, -0.1) is 11.8 Å². The van der Waals surface area contributed by atoms with E-state index in [1.807, 2.05) is 0 Å². The van der Waals surface area contributed by atoms with Crippen LogP contribution in [0, 0.1) is 5.92 Å². The molecule has 0 bridgehead atoms. The molecule has 0 aromatic carbocycles. The average molecular weight is 468 g/mol. The van der Waals surface area contributed by atoms with Crippen LogP contribution < -0.4 is 10.6 Å². The van der Waals surface area contributed by atoms with Crippen molar-refractivity contribution >= 4 is 40.2 Å². The number of aromatic nitrogens is 2. The lowest BCUT2D eigenvalue weighted by molar-refractivity contribution is -0.121. The molecule has 1 aliphatic rings. The van der Waals surface area contributed by atoms with Gasteiger partial charge in [0, 0.05) is 24.4 Å². The van der Waals surface area contributed by atoms with Crippen LogP contribution >= 0.6 is 23.1 Å². The Morgan fingerprint density at radius 3 is 2.68 bits per heavy atom. The second-order valence-electron chi connectivity index (χ2n) is 8.48. The second-order valence-corrected chi connectivity index (χ2v) is 10.8. The van der Waals surface area contributed by atoms with Crippen LogP contribution in [0.2, 0.25) is 0 Å². The Bertz CT molecular complexity index is 884. The number of rotatable bonds is 8. The molecule has 3 rings (SSSR count). The Kier molecular flexibility index (Phi) is 7.95. The minimum absolute atomic E-state index is 0.00303. The number of carbonyl (C=O) groups is 2. The molecule has 1 saturated heterocycles. The Labute approximate surface area is 190 Å². The Balaban J connectivity index is 1.41. The van der Waals surface area contributed by atoms with Crippen LogP contribution in [0.1, 0.15) is 45.3 Å². The van der Waals surface area contributed by atoms with Crippen LogP contribution in [-0.2, 0) is 16.0 Å². The number of hydrogen-bond acceptors (Lipinski definition) is 8. The summed E-state index contributed by atoms with van der Waals surface area (Å²) in [7, 11) is 0. The molecule has 170 valence electrons. The van der Waals surface area contributed by atoms with Gasteiger partial charge in [-0.25, -0.2) is 14.8 Å². The molecule has 0 atom stereocenters. The molecule has 9 nitrogen and oxygen atoms in total. The van der Waals surface area contributed by atoms with Gasteiger partial charge in [0.2, 0.25) is 11.8 Å². The molecule has 0 spiro atoms. The van der Waals surface area contributed by atoms with E-state index in [1.54, 1.807) is 24.2 Å². The standard InChI is InChI=1S/C20H29N5O4S2/c1-20(2,3)14-10-22-15(29-14)12-30-16-11-23-18(31-16)24-17(26)13-4-7-25(8-5-13)9-6-21-19(27)28/h10-11,13,21H,4-9,12H2,1-3H3,(H,27,28)(H,23,24,26). The zero-order valence-electron chi connectivity index (χ0n) is 18.0. The number of likely N-dealkylation sites (tertiary alicyclic amines) is 1. The number of thiazole rings is 1. The molecule has 1 aliphatic heterocycles. The zero-order chi connectivity index (χ0) is 22.4. The highest BCUT2D eigenvalue weighted by atomic mass is 32.2. The molecular formula is C20H29N5O4S2. The van der Waals surface area contributed by atoms with Crippen LogP contribution in [0.5, 0.6) is 0 Å². The lowest BCUT2D eigenvalue weighted by atomic mass is 9.94. The van der Waals surface area contributed by atoms with Crippen molar-refractivity contribution in [3.8, 4) is 0 Å². The van der Waals surface area contributed by atoms with Crippen molar-refractivity contribution in [2.45, 2.75) is 49.0 Å². The van der Waals surface area contributed by atoms with E-state index in [-0.39, 0.29) is 17.2 Å². The first-order valence-corrected chi connectivity index (χ1v) is 12.0. The third-order valence-electron chi connectivity index (χ3n) is 5.01. The summed E-state index contributed by atoms with van der Waals surface area (Å²) < 4.78 is 6.80. The maximum atomic E-state index is 12.6. The van der Waals surface area contributed by atoms with Crippen LogP contribution in [0.4, 0.5) is 9.93 Å². The Morgan fingerprint density at radius 2 is 2.03 bits per heavy atom. The van der Waals surface area contributed by atoms with Crippen LogP contribution in [0.25, 0.3) is 0 Å². The first-order valence-electron chi connectivity index (χ1n) is 10.2. The summed E-state index contributed by atoms with van der Waals surface area (Å²) in [6, 6.07) is 0. The molecule has 0 radical (unpaired) electrons. The Hall–Kier alpha value is -2.11. The SMILES string of the molecule is CC(C)(C)c1cnc(CSc2cnc(NC(=O)C3CCN(CCNC(=O)O)CC3)s2)o1. The van der Waals surface area contributed by atoms with Gasteiger partial charge >= 0.3 is 6.09 Å². The van der Waals surface area contributed by atoms with Gasteiger partial charge in [0.25, 0.3) is 0 Å². The van der Waals surface area contributed by atoms with Crippen molar-refractivity contribution < 1.29 is 19.1 Å². The lowest BCUT2D eigenvalue weighted by Crippen LogP contribution is -2.41. The number of oxazole rings is 1. The van der Waals surface area contributed by atoms with Crippen LogP contribution in [0.3, 0.4) is 0 Å². The van der Waals surface area contributed by atoms with Gasteiger partial charge in [-0.3, -0.25) is 4.79 Å². The third kappa shape index (κ3) is 7.22. The minimum atomic E-state index is -1.01. The largest absolute Gasteiger partial charge is 0.465 e. The monoisotopic (exact) mass is 467 g/mol. The van der Waals surface area contributed by atoms with E-state index in [1.165, 1.54) is 11.3 Å². The number of carboxylic acid groups (broad SMARTS) is 1. The summed E-state index contributed by atoms with van der Waals surface area (Å²) in [5.74, 6) is 2.10. The van der Waals surface area contributed by atoms with Crippen molar-refractivity contribution in [3.05, 3.63) is 24.0 Å². The molecule has 3 heterocycles. The quantitative estimate of drug-likeness (QED) is 0.503. The van der Waals surface area contributed by atoms with Crippen molar-refractivity contribution in [2.75, 3.05) is 31.5 Å². The molecule has 0 aliphatic carbocycles. The number of hydrogen-bond donors (Lipinski definition) is 3. The van der Waals surface area contributed by atoms with Gasteiger partial charge in [0.05, 0.1) is 22.4 Å². The summed E-state index contributed by atoms with van der Waals surface area (Å²) >= 11 is 3.03. The Morgan fingerprint density at radius 1 is 1.29 bits per heavy atom. The first-order chi connectivity index (χ1) is 14.7. The summed E-state index contributed by atoms with van der Waals surface area (Å²) in [5.41, 5.74) is -0.0661. The number of thioether (sulfide) groups is 1. The second kappa shape index (κ2) is 10.5. The third-order valence-corrected chi connectivity index (χ3v) is 7.10. The van der Waals surface area contributed by atoms with Gasteiger partial charge in [0.1, 0.15) is 5.76 Å². The number of anilines is 1. The van der Waals surface area contributed by atoms with Crippen molar-refractivity contribution in [1.29, 1.82) is 0 Å². The van der Waals surface area contributed by atoms with E-state index in [0.717, 1.165) is 35.9 Å². The van der Waals surface area contributed by atoms with Crippen molar-refractivity contribution in [3.63, 3.8) is 0 Å². The van der Waals surface area contributed by atoms with E-state index in [4.69, 9.17) is 9.52 Å². The van der Waals surface area contributed by atoms with Gasteiger partial charge in [0.15, 0.2) is 5.13 Å². The van der Waals surface area contributed by atoms with Gasteiger partial charge in [-0.1, -0.05) is 32.1 Å². The highest BCUT2D eigenvalue weighted by Gasteiger charge is 2.25. The van der Waals surface area contributed by atoms with Crippen LogP contribution in [0.15, 0.2) is 21.0 Å². The topological polar surface area (TPSA) is 121 Å². The molecule has 0 unspecified atom stereocenters. The summed E-state index contributed by atoms with van der Waals surface area (Å²) in [6.07, 6.45) is 4.04. The fourth-order valence-corrected chi connectivity index (χ4v) is 4.92. The van der Waals surface area contributed by atoms with Crippen LogP contribution in [-0.4, -0.2) is 58.2 Å². The predicted molar refractivity (Wildman–Crippen MR) is 121 cm³/mol. The van der Waals surface area contributed by atoms with E-state index < -0.39 is 6.09 Å². The maximum Gasteiger partial charge on any atom is 0.404 e. The average Bonchev–Trinajstić information content (AvgIpc) is 3.36. The van der Waals surface area contributed by atoms with Gasteiger partial charge in [-0.05, 0) is 25.9 Å². The van der Waals surface area contributed by atoms with Gasteiger partial charge < -0.3 is 25.1 Å². The first kappa shape index (κ1) is 23.6. The van der Waals surface area contributed by atoms with E-state index in [0.29, 0.717) is 29.9 Å². The van der Waals surface area contributed by atoms with E-state index in [9.17, 15) is 9.59 Å². The molecule has 2 amide bonds. The summed E-state index contributed by atoms with van der Waals surface area (Å²) in [4.78, 5) is 33.9. The molecule has 2 aromatic rings. The van der Waals surface area contributed by atoms with Crippen molar-refractivity contribution in [2.24, 2.45) is 5.92 Å². The predicted octanol–water partition coefficient (Wildman–Crippen LogP) is 3.64. The summed E-state index contributed by atoms with van der Waals surface area (Å²) in [5, 5.41) is 14.5. The fraction of sp³-hybridized carbons (Fsp3) is 0.600.